The Kier molecular flexibility index (Phi) is 7.15. The molecule has 0 spiro atoms. The van der Waals surface area contributed by atoms with E-state index in [1.54, 1.807) is 0 Å². The molecule has 0 bridgehead atoms. The molecule has 3 atom stereocenters. The Balaban J connectivity index is 1.37. The van der Waals surface area contributed by atoms with Crippen molar-refractivity contribution in [2.24, 2.45) is 11.3 Å². The van der Waals surface area contributed by atoms with E-state index >= 15 is 0 Å². The molecular formula is C28H34N2O5. The number of carboxylic acids is 1. The van der Waals surface area contributed by atoms with Gasteiger partial charge in [0.25, 0.3) is 0 Å². The lowest BCUT2D eigenvalue weighted by molar-refractivity contribution is -0.138. The Morgan fingerprint density at radius 2 is 1.60 bits per heavy atom. The zero-order valence-electron chi connectivity index (χ0n) is 20.5. The number of hydrogen-bond acceptors (Lipinski definition) is 4. The number of carboxylic acid groups (broad SMARTS) is 1. The maximum absolute atomic E-state index is 13.0. The first-order valence-corrected chi connectivity index (χ1v) is 12.3. The van der Waals surface area contributed by atoms with Crippen LogP contribution in [0.1, 0.15) is 63.5 Å². The van der Waals surface area contributed by atoms with Gasteiger partial charge >= 0.3 is 12.1 Å². The number of nitrogens with one attached hydrogen (secondary N) is 2. The Bertz CT molecular complexity index is 1060. The van der Waals surface area contributed by atoms with Gasteiger partial charge in [-0.2, -0.15) is 0 Å². The van der Waals surface area contributed by atoms with Crippen LogP contribution in [0.4, 0.5) is 4.79 Å². The molecule has 4 rings (SSSR count). The van der Waals surface area contributed by atoms with E-state index in [0.717, 1.165) is 17.5 Å². The van der Waals surface area contributed by atoms with Crippen LogP contribution in [0.15, 0.2) is 48.5 Å². The van der Waals surface area contributed by atoms with E-state index < -0.39 is 29.4 Å². The van der Waals surface area contributed by atoms with Gasteiger partial charge in [0, 0.05) is 18.0 Å². The summed E-state index contributed by atoms with van der Waals surface area (Å²) >= 11 is 0. The highest BCUT2D eigenvalue weighted by atomic mass is 16.5. The topological polar surface area (TPSA) is 105 Å². The number of fused-ring (bicyclic) bond motifs is 3. The highest BCUT2D eigenvalue weighted by Gasteiger charge is 2.38. The number of ether oxygens (including phenoxy) is 1. The Hall–Kier alpha value is -3.35. The average Bonchev–Trinajstić information content (AvgIpc) is 3.39. The fourth-order valence-electron chi connectivity index (χ4n) is 5.27. The second kappa shape index (κ2) is 10.1. The van der Waals surface area contributed by atoms with Crippen LogP contribution in [0, 0.1) is 11.3 Å². The molecule has 7 nitrogen and oxygen atoms in total. The van der Waals surface area contributed by atoms with Crippen molar-refractivity contribution in [1.29, 1.82) is 0 Å². The minimum absolute atomic E-state index is 0.0283. The number of carbonyl (C=O) groups is 3. The number of alkyl carbamates (subject to hydrolysis) is 1. The molecule has 35 heavy (non-hydrogen) atoms. The minimum Gasteiger partial charge on any atom is -0.481 e. The summed E-state index contributed by atoms with van der Waals surface area (Å²) in [4.78, 5) is 37.0. The van der Waals surface area contributed by atoms with E-state index in [1.165, 1.54) is 11.1 Å². The van der Waals surface area contributed by atoms with Gasteiger partial charge in [-0.25, -0.2) is 4.79 Å². The van der Waals surface area contributed by atoms with Gasteiger partial charge in [-0.05, 0) is 40.5 Å². The van der Waals surface area contributed by atoms with Gasteiger partial charge in [0.1, 0.15) is 6.61 Å². The predicted molar refractivity (Wildman–Crippen MR) is 133 cm³/mol. The van der Waals surface area contributed by atoms with Crippen molar-refractivity contribution >= 4 is 18.0 Å². The molecule has 2 aliphatic carbocycles. The van der Waals surface area contributed by atoms with Gasteiger partial charge in [-0.3, -0.25) is 9.59 Å². The van der Waals surface area contributed by atoms with Crippen LogP contribution >= 0.6 is 0 Å². The fourth-order valence-corrected chi connectivity index (χ4v) is 5.27. The SMILES string of the molecule is CC(C)(C)C(CC(=O)O)NC(=O)C1CCCC1NC(=O)OCC1c2ccccc2-c2ccccc21. The first-order chi connectivity index (χ1) is 16.6. The third-order valence-electron chi connectivity index (χ3n) is 7.24. The van der Waals surface area contributed by atoms with Gasteiger partial charge in [0.15, 0.2) is 0 Å². The highest BCUT2D eigenvalue weighted by molar-refractivity contribution is 5.82. The van der Waals surface area contributed by atoms with Gasteiger partial charge in [0.2, 0.25) is 5.91 Å². The minimum atomic E-state index is -0.954. The van der Waals surface area contributed by atoms with E-state index in [-0.39, 0.29) is 30.9 Å². The largest absolute Gasteiger partial charge is 0.481 e. The molecule has 7 heteroatoms. The van der Waals surface area contributed by atoms with E-state index in [4.69, 9.17) is 4.74 Å². The van der Waals surface area contributed by atoms with Crippen molar-refractivity contribution in [1.82, 2.24) is 10.6 Å². The number of hydrogen-bond donors (Lipinski definition) is 3. The van der Waals surface area contributed by atoms with E-state index in [0.29, 0.717) is 12.8 Å². The Morgan fingerprint density at radius 3 is 2.17 bits per heavy atom. The molecular weight excluding hydrogens is 444 g/mol. The summed E-state index contributed by atoms with van der Waals surface area (Å²) in [5.74, 6) is -1.61. The number of amides is 2. The highest BCUT2D eigenvalue weighted by Crippen LogP contribution is 2.44. The molecule has 0 aliphatic heterocycles. The monoisotopic (exact) mass is 478 g/mol. The van der Waals surface area contributed by atoms with Crippen molar-refractivity contribution < 1.29 is 24.2 Å². The summed E-state index contributed by atoms with van der Waals surface area (Å²) < 4.78 is 5.66. The summed E-state index contributed by atoms with van der Waals surface area (Å²) in [6.07, 6.45) is 1.46. The molecule has 2 amide bonds. The van der Waals surface area contributed by atoms with Crippen LogP contribution in [-0.4, -0.2) is 41.8 Å². The number of rotatable bonds is 7. The summed E-state index contributed by atoms with van der Waals surface area (Å²) in [6.45, 7) is 5.93. The average molecular weight is 479 g/mol. The molecule has 0 saturated heterocycles. The van der Waals surface area contributed by atoms with Crippen LogP contribution in [0.5, 0.6) is 0 Å². The maximum Gasteiger partial charge on any atom is 0.407 e. The third-order valence-corrected chi connectivity index (χ3v) is 7.24. The van der Waals surface area contributed by atoms with E-state index in [9.17, 15) is 19.5 Å². The third kappa shape index (κ3) is 5.50. The standard InChI is InChI=1S/C28H34N2O5/c1-28(2,3)24(15-25(31)32)30-26(33)21-13-8-14-23(21)29-27(34)35-16-22-19-11-6-4-9-17(19)18-10-5-7-12-20(18)22/h4-7,9-12,21-24H,8,13-16H2,1-3H3,(H,29,34)(H,30,33)(H,31,32). The molecule has 186 valence electrons. The quantitative estimate of drug-likeness (QED) is 0.535. The molecule has 2 aromatic rings. The van der Waals surface area contributed by atoms with Crippen LogP contribution in [0.25, 0.3) is 11.1 Å². The van der Waals surface area contributed by atoms with Crippen molar-refractivity contribution in [3.05, 3.63) is 59.7 Å². The second-order valence-electron chi connectivity index (χ2n) is 10.6. The van der Waals surface area contributed by atoms with Gasteiger partial charge in [-0.1, -0.05) is 75.7 Å². The van der Waals surface area contributed by atoms with Gasteiger partial charge in [0.05, 0.1) is 12.3 Å². The lowest BCUT2D eigenvalue weighted by Gasteiger charge is -2.32. The van der Waals surface area contributed by atoms with E-state index in [2.05, 4.69) is 34.9 Å². The summed E-state index contributed by atoms with van der Waals surface area (Å²) in [7, 11) is 0. The smallest absolute Gasteiger partial charge is 0.407 e. The number of aliphatic carboxylic acids is 1. The maximum atomic E-state index is 13.0. The second-order valence-corrected chi connectivity index (χ2v) is 10.6. The zero-order chi connectivity index (χ0) is 25.2. The fraction of sp³-hybridized carbons (Fsp3) is 0.464. The van der Waals surface area contributed by atoms with Crippen LogP contribution < -0.4 is 10.6 Å². The predicted octanol–water partition coefficient (Wildman–Crippen LogP) is 4.70. The zero-order valence-corrected chi connectivity index (χ0v) is 20.5. The molecule has 3 N–H and O–H groups in total. The molecule has 1 saturated carbocycles. The molecule has 0 radical (unpaired) electrons. The van der Waals surface area contributed by atoms with E-state index in [1.807, 2.05) is 45.0 Å². The molecule has 2 aromatic carbocycles. The molecule has 2 aliphatic rings. The lowest BCUT2D eigenvalue weighted by Crippen LogP contribution is -2.50. The molecule has 1 fully saturated rings. The van der Waals surface area contributed by atoms with Crippen LogP contribution in [0.2, 0.25) is 0 Å². The van der Waals surface area contributed by atoms with Crippen molar-refractivity contribution in [3.8, 4) is 11.1 Å². The first kappa shape index (κ1) is 24.8. The van der Waals surface area contributed by atoms with Crippen LogP contribution in [0.3, 0.4) is 0 Å². The molecule has 0 heterocycles. The van der Waals surface area contributed by atoms with Crippen molar-refractivity contribution in [2.75, 3.05) is 6.61 Å². The van der Waals surface area contributed by atoms with Crippen molar-refractivity contribution in [3.63, 3.8) is 0 Å². The van der Waals surface area contributed by atoms with Crippen LogP contribution in [-0.2, 0) is 14.3 Å². The summed E-state index contributed by atoms with van der Waals surface area (Å²) in [6, 6.07) is 15.5. The lowest BCUT2D eigenvalue weighted by atomic mass is 9.84. The van der Waals surface area contributed by atoms with Gasteiger partial charge < -0.3 is 20.5 Å². The summed E-state index contributed by atoms with van der Waals surface area (Å²) in [5, 5.41) is 15.1. The normalized spacial score (nSPS) is 20.0. The summed E-state index contributed by atoms with van der Waals surface area (Å²) in [5.41, 5.74) is 4.22. The Labute approximate surface area is 206 Å². The number of benzene rings is 2. The van der Waals surface area contributed by atoms with Gasteiger partial charge in [-0.15, -0.1) is 0 Å². The first-order valence-electron chi connectivity index (χ1n) is 12.3. The van der Waals surface area contributed by atoms with Crippen molar-refractivity contribution in [2.45, 2.75) is 64.5 Å². The molecule has 0 aromatic heterocycles. The molecule has 3 unspecified atom stereocenters. The number of carbonyl (C=O) groups excluding carboxylic acids is 2. The Morgan fingerprint density at radius 1 is 1.00 bits per heavy atom.